The first-order chi connectivity index (χ1) is 8.38. The average molecular weight is 346 g/mol. The summed E-state index contributed by atoms with van der Waals surface area (Å²) in [4.78, 5) is 0.973. The van der Waals surface area contributed by atoms with Gasteiger partial charge in [0.05, 0.1) is 0 Å². The van der Waals surface area contributed by atoms with E-state index < -0.39 is 10.0 Å². The second-order valence-electron chi connectivity index (χ2n) is 3.93. The summed E-state index contributed by atoms with van der Waals surface area (Å²) in [7, 11) is -3.47. The predicted molar refractivity (Wildman–Crippen MR) is 78.7 cm³/mol. The van der Waals surface area contributed by atoms with Crippen LogP contribution in [0.2, 0.25) is 0 Å². The van der Waals surface area contributed by atoms with Crippen LogP contribution in [0.15, 0.2) is 39.0 Å². The molecule has 0 unspecified atom stereocenters. The molecule has 0 saturated carbocycles. The molecule has 0 bridgehead atoms. The molecule has 3 nitrogen and oxygen atoms in total. The van der Waals surface area contributed by atoms with E-state index in [4.69, 9.17) is 0 Å². The topological polar surface area (TPSA) is 46.2 Å². The maximum atomic E-state index is 12.1. The van der Waals surface area contributed by atoms with Crippen LogP contribution < -0.4 is 4.72 Å². The van der Waals surface area contributed by atoms with Gasteiger partial charge < -0.3 is 0 Å². The first kappa shape index (κ1) is 13.6. The molecule has 0 aliphatic carbocycles. The van der Waals surface area contributed by atoms with E-state index in [1.54, 1.807) is 24.3 Å². The number of aryl methyl sites for hydroxylation is 2. The first-order valence-corrected chi connectivity index (χ1v) is 8.33. The number of nitrogens with one attached hydrogen (secondary N) is 1. The molecule has 0 atom stereocenters. The van der Waals surface area contributed by atoms with Gasteiger partial charge in [-0.15, -0.1) is 11.3 Å². The van der Waals surface area contributed by atoms with Crippen LogP contribution in [-0.4, -0.2) is 8.42 Å². The highest BCUT2D eigenvalue weighted by Crippen LogP contribution is 2.25. The summed E-state index contributed by atoms with van der Waals surface area (Å²) in [5.74, 6) is 0. The molecule has 2 rings (SSSR count). The SMILES string of the molecule is Cc1ccc(S(=O)(=O)Nc2ccc(C)c(Br)c2)s1. The Bertz CT molecular complexity index is 677. The molecule has 2 aromatic rings. The van der Waals surface area contributed by atoms with Crippen molar-refractivity contribution >= 4 is 43.0 Å². The van der Waals surface area contributed by atoms with E-state index in [2.05, 4.69) is 20.7 Å². The number of hydrogen-bond donors (Lipinski definition) is 1. The molecular formula is C12H12BrNO2S2. The zero-order valence-corrected chi connectivity index (χ0v) is 13.1. The summed E-state index contributed by atoms with van der Waals surface area (Å²) in [6.07, 6.45) is 0. The van der Waals surface area contributed by atoms with Gasteiger partial charge in [0.15, 0.2) is 0 Å². The molecule has 1 heterocycles. The van der Waals surface area contributed by atoms with E-state index in [1.165, 1.54) is 11.3 Å². The van der Waals surface area contributed by atoms with Crippen molar-refractivity contribution in [1.82, 2.24) is 0 Å². The standard InChI is InChI=1S/C12H12BrNO2S2/c1-8-3-5-10(7-11(8)13)14-18(15,16)12-6-4-9(2)17-12/h3-7,14H,1-2H3. The average Bonchev–Trinajstić information content (AvgIpc) is 2.71. The van der Waals surface area contributed by atoms with Crippen molar-refractivity contribution in [3.05, 3.63) is 45.2 Å². The van der Waals surface area contributed by atoms with Crippen molar-refractivity contribution in [2.24, 2.45) is 0 Å². The lowest BCUT2D eigenvalue weighted by molar-refractivity contribution is 0.603. The Morgan fingerprint density at radius 2 is 1.89 bits per heavy atom. The van der Waals surface area contributed by atoms with Crippen molar-refractivity contribution in [3.8, 4) is 0 Å². The lowest BCUT2D eigenvalue weighted by Gasteiger charge is -2.07. The van der Waals surface area contributed by atoms with E-state index in [0.717, 1.165) is 14.9 Å². The van der Waals surface area contributed by atoms with Crippen LogP contribution in [0.4, 0.5) is 5.69 Å². The number of hydrogen-bond acceptors (Lipinski definition) is 3. The van der Waals surface area contributed by atoms with Crippen LogP contribution in [0.1, 0.15) is 10.4 Å². The minimum atomic E-state index is -3.47. The van der Waals surface area contributed by atoms with Crippen LogP contribution in [0, 0.1) is 13.8 Å². The monoisotopic (exact) mass is 345 g/mol. The van der Waals surface area contributed by atoms with Gasteiger partial charge in [0.2, 0.25) is 0 Å². The number of halogens is 1. The Balaban J connectivity index is 2.30. The van der Waals surface area contributed by atoms with Crippen LogP contribution >= 0.6 is 27.3 Å². The van der Waals surface area contributed by atoms with Gasteiger partial charge in [0, 0.05) is 15.0 Å². The molecule has 0 saturated heterocycles. The molecule has 0 spiro atoms. The lowest BCUT2D eigenvalue weighted by atomic mass is 10.2. The van der Waals surface area contributed by atoms with Crippen LogP contribution in [0.25, 0.3) is 0 Å². The summed E-state index contributed by atoms with van der Waals surface area (Å²) >= 11 is 4.64. The summed E-state index contributed by atoms with van der Waals surface area (Å²) in [5, 5.41) is 0. The molecule has 0 radical (unpaired) electrons. The number of sulfonamides is 1. The van der Waals surface area contributed by atoms with Gasteiger partial charge in [-0.05, 0) is 43.7 Å². The fourth-order valence-corrected chi connectivity index (χ4v) is 4.13. The molecule has 96 valence electrons. The Labute approximate surface area is 119 Å². The molecule has 0 aliphatic rings. The third kappa shape index (κ3) is 2.93. The van der Waals surface area contributed by atoms with Crippen molar-refractivity contribution in [3.63, 3.8) is 0 Å². The molecule has 1 aromatic heterocycles. The van der Waals surface area contributed by atoms with Gasteiger partial charge in [-0.25, -0.2) is 8.42 Å². The Kier molecular flexibility index (Phi) is 3.79. The highest BCUT2D eigenvalue weighted by atomic mass is 79.9. The van der Waals surface area contributed by atoms with E-state index >= 15 is 0 Å². The zero-order valence-electron chi connectivity index (χ0n) is 9.90. The Morgan fingerprint density at radius 3 is 2.44 bits per heavy atom. The molecule has 0 amide bonds. The summed E-state index contributed by atoms with van der Waals surface area (Å²) in [6.45, 7) is 3.83. The van der Waals surface area contributed by atoms with Gasteiger partial charge in [0.1, 0.15) is 4.21 Å². The third-order valence-corrected chi connectivity index (χ3v) is 6.13. The van der Waals surface area contributed by atoms with Crippen molar-refractivity contribution < 1.29 is 8.42 Å². The fourth-order valence-electron chi connectivity index (χ4n) is 1.42. The number of thiophene rings is 1. The molecule has 6 heteroatoms. The predicted octanol–water partition coefficient (Wildman–Crippen LogP) is 3.93. The molecule has 0 fully saturated rings. The Hall–Kier alpha value is -0.850. The van der Waals surface area contributed by atoms with E-state index in [9.17, 15) is 8.42 Å². The number of rotatable bonds is 3. The quantitative estimate of drug-likeness (QED) is 0.915. The van der Waals surface area contributed by atoms with Crippen molar-refractivity contribution in [2.75, 3.05) is 4.72 Å². The summed E-state index contributed by atoms with van der Waals surface area (Å²) in [6, 6.07) is 8.78. The zero-order chi connectivity index (χ0) is 13.3. The fraction of sp³-hybridized carbons (Fsp3) is 0.167. The number of anilines is 1. The van der Waals surface area contributed by atoms with Gasteiger partial charge >= 0.3 is 0 Å². The molecule has 1 N–H and O–H groups in total. The van der Waals surface area contributed by atoms with Gasteiger partial charge in [-0.2, -0.15) is 0 Å². The minimum Gasteiger partial charge on any atom is -0.279 e. The largest absolute Gasteiger partial charge is 0.279 e. The van der Waals surface area contributed by atoms with Crippen LogP contribution in [0.5, 0.6) is 0 Å². The van der Waals surface area contributed by atoms with E-state index in [1.807, 2.05) is 19.9 Å². The van der Waals surface area contributed by atoms with Gasteiger partial charge in [-0.1, -0.05) is 22.0 Å². The summed E-state index contributed by atoms with van der Waals surface area (Å²) in [5.41, 5.74) is 1.61. The Morgan fingerprint density at radius 1 is 1.17 bits per heavy atom. The maximum Gasteiger partial charge on any atom is 0.271 e. The third-order valence-electron chi connectivity index (χ3n) is 2.40. The van der Waals surface area contributed by atoms with Crippen LogP contribution in [0.3, 0.4) is 0 Å². The van der Waals surface area contributed by atoms with E-state index in [0.29, 0.717) is 9.90 Å². The smallest absolute Gasteiger partial charge is 0.271 e. The highest BCUT2D eigenvalue weighted by Gasteiger charge is 2.16. The molecule has 18 heavy (non-hydrogen) atoms. The number of benzene rings is 1. The first-order valence-electron chi connectivity index (χ1n) is 5.24. The maximum absolute atomic E-state index is 12.1. The van der Waals surface area contributed by atoms with Crippen LogP contribution in [-0.2, 0) is 10.0 Å². The van der Waals surface area contributed by atoms with Crippen molar-refractivity contribution in [1.29, 1.82) is 0 Å². The van der Waals surface area contributed by atoms with Crippen molar-refractivity contribution in [2.45, 2.75) is 18.1 Å². The normalized spacial score (nSPS) is 11.5. The molecular weight excluding hydrogens is 334 g/mol. The summed E-state index contributed by atoms with van der Waals surface area (Å²) < 4.78 is 28.0. The van der Waals surface area contributed by atoms with E-state index in [-0.39, 0.29) is 0 Å². The highest BCUT2D eigenvalue weighted by molar-refractivity contribution is 9.10. The molecule has 1 aromatic carbocycles. The van der Waals surface area contributed by atoms with Gasteiger partial charge in [0.25, 0.3) is 10.0 Å². The lowest BCUT2D eigenvalue weighted by Crippen LogP contribution is -2.11. The second kappa shape index (κ2) is 5.03. The van der Waals surface area contributed by atoms with Gasteiger partial charge in [-0.3, -0.25) is 4.72 Å². The molecule has 0 aliphatic heterocycles. The second-order valence-corrected chi connectivity index (χ2v) is 7.99. The minimum absolute atomic E-state index is 0.330.